The fourth-order valence-corrected chi connectivity index (χ4v) is 1.89. The molecule has 0 aliphatic carbocycles. The van der Waals surface area contributed by atoms with Crippen LogP contribution in [-0.4, -0.2) is 16.7 Å². The van der Waals surface area contributed by atoms with Crippen LogP contribution in [0.4, 0.5) is 0 Å². The largest absolute Gasteiger partial charge is 0.484 e. The first kappa shape index (κ1) is 14.5. The molecule has 0 aliphatic heterocycles. The van der Waals surface area contributed by atoms with Gasteiger partial charge in [0.05, 0.1) is 11.4 Å². The molecule has 1 N–H and O–H groups in total. The van der Waals surface area contributed by atoms with E-state index in [-0.39, 0.29) is 0 Å². The van der Waals surface area contributed by atoms with Crippen molar-refractivity contribution in [3.05, 3.63) is 41.0 Å². The van der Waals surface area contributed by atoms with Crippen molar-refractivity contribution in [3.8, 4) is 5.75 Å². The van der Waals surface area contributed by atoms with Crippen molar-refractivity contribution in [2.75, 3.05) is 6.54 Å². The molecule has 5 heteroatoms. The summed E-state index contributed by atoms with van der Waals surface area (Å²) in [5.41, 5.74) is 2.86. The van der Waals surface area contributed by atoms with Gasteiger partial charge in [-0.2, -0.15) is 0 Å². The Balaban J connectivity index is 1.96. The van der Waals surface area contributed by atoms with Crippen molar-refractivity contribution in [2.24, 2.45) is 0 Å². The van der Waals surface area contributed by atoms with Gasteiger partial charge in [0.1, 0.15) is 12.4 Å². The Labute approximate surface area is 119 Å². The molecule has 0 spiro atoms. The highest BCUT2D eigenvalue weighted by molar-refractivity contribution is 5.29. The lowest BCUT2D eigenvalue weighted by Gasteiger charge is -2.08. The Kier molecular flexibility index (Phi) is 5.12. The number of hydrogen-bond acceptors (Lipinski definition) is 5. The van der Waals surface area contributed by atoms with Crippen LogP contribution < -0.4 is 10.1 Å². The third-order valence-electron chi connectivity index (χ3n) is 2.94. The van der Waals surface area contributed by atoms with Crippen molar-refractivity contribution in [1.82, 2.24) is 15.5 Å². The number of hydrogen-bond donors (Lipinski definition) is 1. The Morgan fingerprint density at radius 3 is 2.90 bits per heavy atom. The van der Waals surface area contributed by atoms with Crippen molar-refractivity contribution in [1.29, 1.82) is 0 Å². The molecule has 0 bridgehead atoms. The predicted molar refractivity (Wildman–Crippen MR) is 76.6 cm³/mol. The van der Waals surface area contributed by atoms with Crippen LogP contribution >= 0.6 is 0 Å². The van der Waals surface area contributed by atoms with Crippen LogP contribution in [0.5, 0.6) is 5.75 Å². The molecule has 0 atom stereocenters. The van der Waals surface area contributed by atoms with Gasteiger partial charge < -0.3 is 14.6 Å². The number of nitrogens with one attached hydrogen (secondary N) is 1. The summed E-state index contributed by atoms with van der Waals surface area (Å²) in [5.74, 6) is 1.53. The lowest BCUT2D eigenvalue weighted by molar-refractivity contribution is 0.245. The molecule has 2 aromatic heterocycles. The number of aromatic nitrogens is 2. The molecule has 2 aromatic rings. The molecule has 0 saturated carbocycles. The van der Waals surface area contributed by atoms with Crippen molar-refractivity contribution in [3.63, 3.8) is 0 Å². The van der Waals surface area contributed by atoms with Crippen molar-refractivity contribution in [2.45, 2.75) is 40.3 Å². The highest BCUT2D eigenvalue weighted by atomic mass is 16.5. The minimum absolute atomic E-state index is 0.372. The third-order valence-corrected chi connectivity index (χ3v) is 2.94. The van der Waals surface area contributed by atoms with E-state index >= 15 is 0 Å². The molecule has 0 aliphatic rings. The SMILES string of the molecule is CCNCc1cc(COc2ccc(C)nc2CC)on1. The molecule has 0 amide bonds. The van der Waals surface area contributed by atoms with E-state index in [0.717, 1.165) is 41.6 Å². The van der Waals surface area contributed by atoms with E-state index in [1.54, 1.807) is 0 Å². The van der Waals surface area contributed by atoms with Gasteiger partial charge in [-0.3, -0.25) is 4.98 Å². The van der Waals surface area contributed by atoms with E-state index in [2.05, 4.69) is 29.3 Å². The van der Waals surface area contributed by atoms with Gasteiger partial charge in [-0.15, -0.1) is 0 Å². The second kappa shape index (κ2) is 7.05. The lowest BCUT2D eigenvalue weighted by Crippen LogP contribution is -2.11. The van der Waals surface area contributed by atoms with Gasteiger partial charge >= 0.3 is 0 Å². The average molecular weight is 275 g/mol. The van der Waals surface area contributed by atoms with Gasteiger partial charge in [-0.05, 0) is 32.0 Å². The summed E-state index contributed by atoms with van der Waals surface area (Å²) < 4.78 is 11.0. The second-order valence-electron chi connectivity index (χ2n) is 4.60. The maximum atomic E-state index is 5.77. The van der Waals surface area contributed by atoms with Crippen LogP contribution in [0.1, 0.15) is 36.7 Å². The number of aryl methyl sites for hydroxylation is 2. The summed E-state index contributed by atoms with van der Waals surface area (Å²) in [6, 6.07) is 5.82. The molecule has 0 fully saturated rings. The van der Waals surface area contributed by atoms with Crippen LogP contribution in [0, 0.1) is 6.92 Å². The van der Waals surface area contributed by atoms with E-state index in [4.69, 9.17) is 9.26 Å². The summed E-state index contributed by atoms with van der Waals surface area (Å²) in [6.45, 7) is 8.10. The smallest absolute Gasteiger partial charge is 0.174 e. The van der Waals surface area contributed by atoms with E-state index in [0.29, 0.717) is 13.2 Å². The van der Waals surface area contributed by atoms with Crippen LogP contribution in [0.25, 0.3) is 0 Å². The first-order valence-electron chi connectivity index (χ1n) is 6.97. The minimum atomic E-state index is 0.372. The number of ether oxygens (including phenoxy) is 1. The zero-order valence-corrected chi connectivity index (χ0v) is 12.3. The van der Waals surface area contributed by atoms with Crippen LogP contribution in [0.15, 0.2) is 22.7 Å². The fraction of sp³-hybridized carbons (Fsp3) is 0.467. The normalized spacial score (nSPS) is 10.8. The summed E-state index contributed by atoms with van der Waals surface area (Å²) in [4.78, 5) is 4.47. The van der Waals surface area contributed by atoms with Crippen LogP contribution in [-0.2, 0) is 19.6 Å². The first-order valence-corrected chi connectivity index (χ1v) is 6.97. The van der Waals surface area contributed by atoms with Crippen molar-refractivity contribution >= 4 is 0 Å². The molecule has 5 nitrogen and oxygen atoms in total. The maximum Gasteiger partial charge on any atom is 0.174 e. The van der Waals surface area contributed by atoms with Crippen LogP contribution in [0.3, 0.4) is 0 Å². The number of rotatable bonds is 7. The van der Waals surface area contributed by atoms with Gasteiger partial charge in [0, 0.05) is 18.3 Å². The Hall–Kier alpha value is -1.88. The monoisotopic (exact) mass is 275 g/mol. The Morgan fingerprint density at radius 2 is 2.15 bits per heavy atom. The molecule has 20 heavy (non-hydrogen) atoms. The van der Waals surface area contributed by atoms with Gasteiger partial charge in [0.15, 0.2) is 5.76 Å². The molecule has 0 saturated heterocycles. The second-order valence-corrected chi connectivity index (χ2v) is 4.60. The van der Waals surface area contributed by atoms with E-state index in [9.17, 15) is 0 Å². The van der Waals surface area contributed by atoms with Gasteiger partial charge in [0.25, 0.3) is 0 Å². The highest BCUT2D eigenvalue weighted by Crippen LogP contribution is 2.19. The van der Waals surface area contributed by atoms with Crippen LogP contribution in [0.2, 0.25) is 0 Å². The average Bonchev–Trinajstić information content (AvgIpc) is 2.91. The summed E-state index contributed by atoms with van der Waals surface area (Å²) in [6.07, 6.45) is 0.846. The Bertz CT molecular complexity index is 552. The molecule has 0 unspecified atom stereocenters. The quantitative estimate of drug-likeness (QED) is 0.841. The zero-order valence-electron chi connectivity index (χ0n) is 12.3. The molecular formula is C15H21N3O2. The standard InChI is InChI=1S/C15H21N3O2/c1-4-14-15(7-6-11(3)17-14)19-10-13-8-12(18-20-13)9-16-5-2/h6-8,16H,4-5,9-10H2,1-3H3. The predicted octanol–water partition coefficient (Wildman–Crippen LogP) is 2.63. The molecule has 108 valence electrons. The van der Waals surface area contributed by atoms with Gasteiger partial charge in [0.2, 0.25) is 0 Å². The molecule has 2 heterocycles. The third kappa shape index (κ3) is 3.81. The van der Waals surface area contributed by atoms with Crippen molar-refractivity contribution < 1.29 is 9.26 Å². The van der Waals surface area contributed by atoms with E-state index in [1.165, 1.54) is 0 Å². The van der Waals surface area contributed by atoms with E-state index < -0.39 is 0 Å². The lowest BCUT2D eigenvalue weighted by atomic mass is 10.2. The summed E-state index contributed by atoms with van der Waals surface area (Å²) >= 11 is 0. The van der Waals surface area contributed by atoms with Gasteiger partial charge in [-0.1, -0.05) is 19.0 Å². The summed E-state index contributed by atoms with van der Waals surface area (Å²) in [7, 11) is 0. The zero-order chi connectivity index (χ0) is 14.4. The molecule has 0 radical (unpaired) electrons. The Morgan fingerprint density at radius 1 is 1.30 bits per heavy atom. The van der Waals surface area contributed by atoms with Gasteiger partial charge in [-0.25, -0.2) is 0 Å². The number of nitrogens with zero attached hydrogens (tertiary/aromatic N) is 2. The summed E-state index contributed by atoms with van der Waals surface area (Å²) in [5, 5.41) is 7.19. The molecule has 2 rings (SSSR count). The fourth-order valence-electron chi connectivity index (χ4n) is 1.89. The molecular weight excluding hydrogens is 254 g/mol. The highest BCUT2D eigenvalue weighted by Gasteiger charge is 2.08. The molecule has 0 aromatic carbocycles. The van der Waals surface area contributed by atoms with E-state index in [1.807, 2.05) is 25.1 Å². The topological polar surface area (TPSA) is 60.2 Å². The minimum Gasteiger partial charge on any atom is -0.484 e. The first-order chi connectivity index (χ1) is 9.72. The number of pyridine rings is 1. The maximum absolute atomic E-state index is 5.77.